The lowest BCUT2D eigenvalue weighted by molar-refractivity contribution is -0.318. The van der Waals surface area contributed by atoms with Gasteiger partial charge in [-0.1, -0.05) is 75.7 Å². The highest BCUT2D eigenvalue weighted by Gasteiger charge is 2.58. The highest BCUT2D eigenvalue weighted by atomic mass is 16.7. The first-order valence-electron chi connectivity index (χ1n) is 14.8. The van der Waals surface area contributed by atoms with E-state index in [1.54, 1.807) is 0 Å². The highest BCUT2D eigenvalue weighted by Crippen LogP contribution is 2.61. The summed E-state index contributed by atoms with van der Waals surface area (Å²) in [7, 11) is 0. The van der Waals surface area contributed by atoms with Crippen LogP contribution in [-0.2, 0) is 20.8 Å². The molecule has 7 rings (SSSR count). The molecule has 3 atom stereocenters. The van der Waals surface area contributed by atoms with Crippen LogP contribution in [-0.4, -0.2) is 12.2 Å². The first-order valence-corrected chi connectivity index (χ1v) is 14.8. The van der Waals surface area contributed by atoms with Crippen molar-refractivity contribution in [1.82, 2.24) is 0 Å². The normalized spacial score (nSPS) is 27.7. The molecule has 202 valence electrons. The minimum Gasteiger partial charge on any atom is -0.326 e. The maximum Gasteiger partial charge on any atom is 0.282 e. The number of aryl methyl sites for hydroxylation is 2. The standard InChI is InChI=1S/C36H41NO2/c1-20(2)13-25-17-32-29-15-21(3)14-22(4)34(29)36(38-23(5)16-24(6)39-36)37(32)33-19-31-28(18-27(25)33)26-11-9-10-12-30(26)35(31,7)8/h9-12,14-15,17-20,23-24,32H,13,16H2,1-8H3. The van der Waals surface area contributed by atoms with Crippen LogP contribution >= 0.6 is 0 Å². The van der Waals surface area contributed by atoms with Gasteiger partial charge in [0.15, 0.2) is 0 Å². The molecule has 4 aliphatic rings. The van der Waals surface area contributed by atoms with Crippen LogP contribution in [0, 0.1) is 19.8 Å². The molecule has 3 aromatic carbocycles. The molecule has 1 aliphatic carbocycles. The first kappa shape index (κ1) is 25.1. The summed E-state index contributed by atoms with van der Waals surface area (Å²) in [5, 5.41) is 0. The third kappa shape index (κ3) is 3.42. The summed E-state index contributed by atoms with van der Waals surface area (Å²) in [6.45, 7) is 18.2. The fraction of sp³-hybridized carbons (Fsp3) is 0.444. The minimum absolute atomic E-state index is 0.0716. The third-order valence-corrected chi connectivity index (χ3v) is 9.42. The molecule has 1 fully saturated rings. The maximum absolute atomic E-state index is 7.00. The lowest BCUT2D eigenvalue weighted by atomic mass is 9.80. The van der Waals surface area contributed by atoms with E-state index in [-0.39, 0.29) is 23.7 Å². The second-order valence-corrected chi connectivity index (χ2v) is 13.4. The highest BCUT2D eigenvalue weighted by molar-refractivity contribution is 5.91. The van der Waals surface area contributed by atoms with Gasteiger partial charge in [0, 0.05) is 16.5 Å². The van der Waals surface area contributed by atoms with Crippen LogP contribution in [0.3, 0.4) is 0 Å². The maximum atomic E-state index is 7.00. The van der Waals surface area contributed by atoms with Gasteiger partial charge in [-0.3, -0.25) is 0 Å². The number of benzene rings is 3. The van der Waals surface area contributed by atoms with Crippen molar-refractivity contribution in [2.45, 2.75) is 97.8 Å². The Morgan fingerprint density at radius 3 is 2.33 bits per heavy atom. The second-order valence-electron chi connectivity index (χ2n) is 13.4. The van der Waals surface area contributed by atoms with Crippen molar-refractivity contribution in [1.29, 1.82) is 0 Å². The molecule has 0 saturated carbocycles. The zero-order valence-corrected chi connectivity index (χ0v) is 24.7. The van der Waals surface area contributed by atoms with Gasteiger partial charge in [-0.2, -0.15) is 0 Å². The van der Waals surface area contributed by atoms with Crippen molar-refractivity contribution in [2.24, 2.45) is 5.92 Å². The van der Waals surface area contributed by atoms with E-state index in [1.165, 1.54) is 61.3 Å². The molecular formula is C36H41NO2. The topological polar surface area (TPSA) is 21.7 Å². The summed E-state index contributed by atoms with van der Waals surface area (Å²) in [6.07, 6.45) is 4.65. The summed E-state index contributed by atoms with van der Waals surface area (Å²) in [4.78, 5) is 2.49. The van der Waals surface area contributed by atoms with Crippen molar-refractivity contribution >= 4 is 11.3 Å². The molecule has 3 nitrogen and oxygen atoms in total. The van der Waals surface area contributed by atoms with Gasteiger partial charge in [-0.05, 0) is 97.5 Å². The van der Waals surface area contributed by atoms with Gasteiger partial charge in [-0.15, -0.1) is 0 Å². The Morgan fingerprint density at radius 2 is 1.62 bits per heavy atom. The molecule has 0 amide bonds. The zero-order chi connectivity index (χ0) is 27.4. The molecule has 1 saturated heterocycles. The molecule has 3 heteroatoms. The minimum atomic E-state index is -0.937. The third-order valence-electron chi connectivity index (χ3n) is 9.42. The Balaban J connectivity index is 1.54. The number of ether oxygens (including phenoxy) is 2. The smallest absolute Gasteiger partial charge is 0.282 e. The Labute approximate surface area is 233 Å². The summed E-state index contributed by atoms with van der Waals surface area (Å²) < 4.78 is 14.0. The van der Waals surface area contributed by atoms with Gasteiger partial charge in [-0.25, -0.2) is 0 Å². The molecule has 1 spiro atoms. The molecule has 39 heavy (non-hydrogen) atoms. The van der Waals surface area contributed by atoms with Crippen LogP contribution in [0.5, 0.6) is 0 Å². The average molecular weight is 520 g/mol. The monoisotopic (exact) mass is 519 g/mol. The molecular weight excluding hydrogens is 478 g/mol. The molecule has 0 bridgehead atoms. The van der Waals surface area contributed by atoms with E-state index in [1.807, 2.05) is 0 Å². The zero-order valence-electron chi connectivity index (χ0n) is 24.7. The van der Waals surface area contributed by atoms with Gasteiger partial charge in [0.05, 0.1) is 23.9 Å². The number of hydrogen-bond donors (Lipinski definition) is 0. The van der Waals surface area contributed by atoms with Crippen LogP contribution in [0.25, 0.3) is 16.7 Å². The Bertz CT molecular complexity index is 1530. The van der Waals surface area contributed by atoms with E-state index < -0.39 is 5.91 Å². The van der Waals surface area contributed by atoms with Gasteiger partial charge >= 0.3 is 0 Å². The fourth-order valence-electron chi connectivity index (χ4n) is 8.04. The fourth-order valence-corrected chi connectivity index (χ4v) is 8.04. The van der Waals surface area contributed by atoms with Crippen LogP contribution in [0.4, 0.5) is 5.69 Å². The summed E-state index contributed by atoms with van der Waals surface area (Å²) in [6, 6.07) is 18.6. The molecule has 0 radical (unpaired) electrons. The quantitative estimate of drug-likeness (QED) is 0.337. The molecule has 3 aliphatic heterocycles. The Kier molecular flexibility index (Phi) is 5.35. The van der Waals surface area contributed by atoms with Gasteiger partial charge in [0.1, 0.15) is 0 Å². The van der Waals surface area contributed by atoms with E-state index in [2.05, 4.69) is 115 Å². The Morgan fingerprint density at radius 1 is 0.897 bits per heavy atom. The summed E-state index contributed by atoms with van der Waals surface area (Å²) in [5.41, 5.74) is 14.5. The van der Waals surface area contributed by atoms with Gasteiger partial charge in [0.25, 0.3) is 5.91 Å². The molecule has 3 aromatic rings. The van der Waals surface area contributed by atoms with E-state index in [0.717, 1.165) is 12.8 Å². The van der Waals surface area contributed by atoms with Gasteiger partial charge in [0.2, 0.25) is 0 Å². The summed E-state index contributed by atoms with van der Waals surface area (Å²) in [5.74, 6) is -0.378. The van der Waals surface area contributed by atoms with Crippen LogP contribution in [0.1, 0.15) is 99.4 Å². The lowest BCUT2D eigenvalue weighted by Crippen LogP contribution is -2.55. The van der Waals surface area contributed by atoms with Crippen molar-refractivity contribution in [3.63, 3.8) is 0 Å². The molecule has 0 aromatic heterocycles. The van der Waals surface area contributed by atoms with Crippen molar-refractivity contribution in [2.75, 3.05) is 4.90 Å². The van der Waals surface area contributed by atoms with E-state index in [0.29, 0.717) is 5.92 Å². The van der Waals surface area contributed by atoms with Crippen molar-refractivity contribution in [3.05, 3.63) is 93.6 Å². The van der Waals surface area contributed by atoms with Crippen LogP contribution in [0.15, 0.2) is 54.6 Å². The number of hydrogen-bond acceptors (Lipinski definition) is 3. The molecule has 3 heterocycles. The number of fused-ring (bicyclic) bond motifs is 10. The first-order chi connectivity index (χ1) is 18.5. The number of rotatable bonds is 2. The molecule has 3 unspecified atom stereocenters. The molecule has 0 N–H and O–H groups in total. The number of nitrogens with zero attached hydrogens (tertiary/aromatic N) is 1. The SMILES string of the molecule is Cc1cc(C)c2c(c1)C1C=C(CC(C)C)c3cc4c(cc3N1C21OC(C)CC(C)O1)C(C)(C)c1ccccc1-4. The van der Waals surface area contributed by atoms with E-state index in [9.17, 15) is 0 Å². The van der Waals surface area contributed by atoms with Crippen molar-refractivity contribution < 1.29 is 9.47 Å². The Hall–Kier alpha value is -2.88. The van der Waals surface area contributed by atoms with Gasteiger partial charge < -0.3 is 14.4 Å². The van der Waals surface area contributed by atoms with E-state index in [4.69, 9.17) is 9.47 Å². The average Bonchev–Trinajstić information content (AvgIpc) is 3.23. The van der Waals surface area contributed by atoms with Crippen LogP contribution < -0.4 is 4.90 Å². The predicted molar refractivity (Wildman–Crippen MR) is 160 cm³/mol. The van der Waals surface area contributed by atoms with Crippen LogP contribution in [0.2, 0.25) is 0 Å². The summed E-state index contributed by atoms with van der Waals surface area (Å²) >= 11 is 0. The van der Waals surface area contributed by atoms with E-state index >= 15 is 0 Å². The predicted octanol–water partition coefficient (Wildman–Crippen LogP) is 8.94. The largest absolute Gasteiger partial charge is 0.326 e. The number of allylic oxidation sites excluding steroid dienone is 1. The number of anilines is 1. The second kappa shape index (κ2) is 8.32. The van der Waals surface area contributed by atoms with Crippen molar-refractivity contribution in [3.8, 4) is 11.1 Å². The lowest BCUT2D eigenvalue weighted by Gasteiger charge is -2.49.